The first-order chi connectivity index (χ1) is 11.1. The van der Waals surface area contributed by atoms with Crippen LogP contribution >= 0.6 is 0 Å². The summed E-state index contributed by atoms with van der Waals surface area (Å²) in [6, 6.07) is 10.3. The molecule has 2 amide bonds. The second-order valence-corrected chi connectivity index (χ2v) is 6.46. The fourth-order valence-corrected chi connectivity index (χ4v) is 3.04. The lowest BCUT2D eigenvalue weighted by Crippen LogP contribution is -2.47. The number of aliphatic hydroxyl groups excluding tert-OH is 1. The van der Waals surface area contributed by atoms with Crippen LogP contribution in [0, 0.1) is 5.41 Å². The number of para-hydroxylation sites is 1. The topological polar surface area (TPSA) is 64.6 Å². The Hall–Kier alpha value is -1.75. The van der Waals surface area contributed by atoms with Crippen LogP contribution in [0.1, 0.15) is 33.1 Å². The predicted molar refractivity (Wildman–Crippen MR) is 93.7 cm³/mol. The highest BCUT2D eigenvalue weighted by Crippen LogP contribution is 2.24. The zero-order chi connectivity index (χ0) is 16.7. The molecule has 1 aromatic carbocycles. The van der Waals surface area contributed by atoms with Crippen molar-refractivity contribution in [2.24, 2.45) is 5.41 Å². The van der Waals surface area contributed by atoms with E-state index in [-0.39, 0.29) is 24.1 Å². The lowest BCUT2D eigenvalue weighted by Gasteiger charge is -2.29. The molecule has 0 aromatic heterocycles. The van der Waals surface area contributed by atoms with Gasteiger partial charge < -0.3 is 20.6 Å². The van der Waals surface area contributed by atoms with E-state index in [4.69, 9.17) is 0 Å². The van der Waals surface area contributed by atoms with Crippen LogP contribution in [-0.2, 0) is 0 Å². The molecular weight excluding hydrogens is 290 g/mol. The van der Waals surface area contributed by atoms with E-state index < -0.39 is 0 Å². The second kappa shape index (κ2) is 8.20. The maximum Gasteiger partial charge on any atom is 0.315 e. The maximum absolute atomic E-state index is 12.1. The summed E-state index contributed by atoms with van der Waals surface area (Å²) in [6.07, 6.45) is 2.66. The van der Waals surface area contributed by atoms with E-state index in [0.29, 0.717) is 6.54 Å². The van der Waals surface area contributed by atoms with Gasteiger partial charge in [-0.3, -0.25) is 0 Å². The highest BCUT2D eigenvalue weighted by Gasteiger charge is 2.27. The van der Waals surface area contributed by atoms with Gasteiger partial charge in [0.1, 0.15) is 0 Å². The highest BCUT2D eigenvalue weighted by atomic mass is 16.3. The van der Waals surface area contributed by atoms with E-state index in [2.05, 4.69) is 27.7 Å². The average molecular weight is 319 g/mol. The lowest BCUT2D eigenvalue weighted by atomic mass is 9.83. The third-order valence-corrected chi connectivity index (χ3v) is 5.10. The van der Waals surface area contributed by atoms with Crippen LogP contribution in [-0.4, -0.2) is 43.4 Å². The van der Waals surface area contributed by atoms with Gasteiger partial charge >= 0.3 is 6.03 Å². The molecule has 0 saturated carbocycles. The fraction of sp³-hybridized carbons (Fsp3) is 0.611. The molecular formula is C18H29N3O2. The van der Waals surface area contributed by atoms with Crippen LogP contribution in [0.5, 0.6) is 0 Å². The Balaban J connectivity index is 1.78. The zero-order valence-corrected chi connectivity index (χ0v) is 14.2. The molecule has 1 atom stereocenters. The molecule has 128 valence electrons. The van der Waals surface area contributed by atoms with Crippen LogP contribution < -0.4 is 15.5 Å². The first-order valence-corrected chi connectivity index (χ1v) is 8.57. The molecule has 0 aliphatic carbocycles. The van der Waals surface area contributed by atoms with Gasteiger partial charge in [0.2, 0.25) is 0 Å². The first kappa shape index (κ1) is 17.6. The van der Waals surface area contributed by atoms with Gasteiger partial charge in [0, 0.05) is 36.8 Å². The van der Waals surface area contributed by atoms with Gasteiger partial charge in [-0.25, -0.2) is 4.79 Å². The van der Waals surface area contributed by atoms with Gasteiger partial charge in [-0.1, -0.05) is 32.0 Å². The summed E-state index contributed by atoms with van der Waals surface area (Å²) in [5.41, 5.74) is 0.997. The molecule has 0 spiro atoms. The number of nitrogens with zero attached hydrogens (tertiary/aromatic N) is 1. The number of hydrogen-bond donors (Lipinski definition) is 3. The van der Waals surface area contributed by atoms with Crippen molar-refractivity contribution < 1.29 is 9.90 Å². The summed E-state index contributed by atoms with van der Waals surface area (Å²) >= 11 is 0. The molecule has 3 N–H and O–H groups in total. The van der Waals surface area contributed by atoms with E-state index >= 15 is 0 Å². The zero-order valence-electron chi connectivity index (χ0n) is 14.2. The normalized spacial score (nSPS) is 18.0. The molecule has 1 aromatic rings. The molecule has 5 nitrogen and oxygen atoms in total. The van der Waals surface area contributed by atoms with E-state index in [1.54, 1.807) is 0 Å². The first-order valence-electron chi connectivity index (χ1n) is 8.57. The smallest absolute Gasteiger partial charge is 0.315 e. The molecule has 1 saturated heterocycles. The monoisotopic (exact) mass is 319 g/mol. The van der Waals surface area contributed by atoms with Crippen LogP contribution in [0.15, 0.2) is 30.3 Å². The summed E-state index contributed by atoms with van der Waals surface area (Å²) in [5, 5.41) is 15.5. The Bertz CT molecular complexity index is 480. The molecule has 0 bridgehead atoms. The van der Waals surface area contributed by atoms with Crippen molar-refractivity contribution >= 4 is 11.7 Å². The fourth-order valence-electron chi connectivity index (χ4n) is 3.04. The molecule has 23 heavy (non-hydrogen) atoms. The Labute approximate surface area is 139 Å². The summed E-state index contributed by atoms with van der Waals surface area (Å²) < 4.78 is 0. The van der Waals surface area contributed by atoms with Crippen molar-refractivity contribution in [1.82, 2.24) is 10.6 Å². The van der Waals surface area contributed by atoms with Gasteiger partial charge in [-0.2, -0.15) is 0 Å². The van der Waals surface area contributed by atoms with Crippen molar-refractivity contribution in [2.45, 2.75) is 39.2 Å². The number of carbonyl (C=O) groups is 1. The minimum absolute atomic E-state index is 0.103. The standard InChI is InChI=1S/C18H29N3O2/c1-3-18(4-2,14-22)13-19-17(23)20-15-10-11-21(12-15)16-8-6-5-7-9-16/h5-9,15,22H,3-4,10-14H2,1-2H3,(H2,19,20,23). The number of urea groups is 1. The molecule has 1 aliphatic rings. The maximum atomic E-state index is 12.1. The number of rotatable bonds is 7. The van der Waals surface area contributed by atoms with E-state index in [1.807, 2.05) is 32.0 Å². The SMILES string of the molecule is CCC(CC)(CO)CNC(=O)NC1CCN(c2ccccc2)C1. The summed E-state index contributed by atoms with van der Waals surface area (Å²) in [6.45, 7) is 6.51. The second-order valence-electron chi connectivity index (χ2n) is 6.46. The largest absolute Gasteiger partial charge is 0.396 e. The Morgan fingerprint density at radius 3 is 2.61 bits per heavy atom. The van der Waals surface area contributed by atoms with Crippen LogP contribution in [0.25, 0.3) is 0 Å². The Morgan fingerprint density at radius 2 is 2.00 bits per heavy atom. The quantitative estimate of drug-likeness (QED) is 0.723. The Kier molecular flexibility index (Phi) is 6.28. The molecule has 0 radical (unpaired) electrons. The predicted octanol–water partition coefficient (Wildman–Crippen LogP) is 2.36. The summed E-state index contributed by atoms with van der Waals surface area (Å²) in [4.78, 5) is 14.4. The number of nitrogens with one attached hydrogen (secondary N) is 2. The number of benzene rings is 1. The van der Waals surface area contributed by atoms with E-state index in [1.165, 1.54) is 5.69 Å². The summed E-state index contributed by atoms with van der Waals surface area (Å²) in [5.74, 6) is 0. The van der Waals surface area contributed by atoms with Crippen molar-refractivity contribution in [3.63, 3.8) is 0 Å². The van der Waals surface area contributed by atoms with Gasteiger partial charge in [0.25, 0.3) is 0 Å². The van der Waals surface area contributed by atoms with E-state index in [9.17, 15) is 9.90 Å². The molecule has 2 rings (SSSR count). The van der Waals surface area contributed by atoms with Crippen molar-refractivity contribution in [3.05, 3.63) is 30.3 Å². The highest BCUT2D eigenvalue weighted by molar-refractivity contribution is 5.74. The molecule has 5 heteroatoms. The average Bonchev–Trinajstić information content (AvgIpc) is 3.06. The molecule has 1 heterocycles. The number of hydrogen-bond acceptors (Lipinski definition) is 3. The van der Waals surface area contributed by atoms with Gasteiger partial charge in [0.15, 0.2) is 0 Å². The van der Waals surface area contributed by atoms with Gasteiger partial charge in [-0.05, 0) is 31.4 Å². The molecule has 1 fully saturated rings. The van der Waals surface area contributed by atoms with Crippen LogP contribution in [0.3, 0.4) is 0 Å². The van der Waals surface area contributed by atoms with Gasteiger partial charge in [-0.15, -0.1) is 0 Å². The number of amides is 2. The van der Waals surface area contributed by atoms with Crippen molar-refractivity contribution in [1.29, 1.82) is 0 Å². The van der Waals surface area contributed by atoms with Crippen LogP contribution in [0.4, 0.5) is 10.5 Å². The molecule has 1 aliphatic heterocycles. The summed E-state index contributed by atoms with van der Waals surface area (Å²) in [7, 11) is 0. The minimum Gasteiger partial charge on any atom is -0.396 e. The third-order valence-electron chi connectivity index (χ3n) is 5.10. The number of anilines is 1. The van der Waals surface area contributed by atoms with Gasteiger partial charge in [0.05, 0.1) is 6.61 Å². The van der Waals surface area contributed by atoms with Crippen molar-refractivity contribution in [2.75, 3.05) is 31.1 Å². The number of carbonyl (C=O) groups excluding carboxylic acids is 1. The minimum atomic E-state index is -0.205. The van der Waals surface area contributed by atoms with E-state index in [0.717, 1.165) is 32.4 Å². The lowest BCUT2D eigenvalue weighted by molar-refractivity contribution is 0.115. The number of aliphatic hydroxyl groups is 1. The molecule has 1 unspecified atom stereocenters. The van der Waals surface area contributed by atoms with Crippen LogP contribution in [0.2, 0.25) is 0 Å². The van der Waals surface area contributed by atoms with Crippen molar-refractivity contribution in [3.8, 4) is 0 Å². The third kappa shape index (κ3) is 4.61. The Morgan fingerprint density at radius 1 is 1.30 bits per heavy atom.